The molecule has 27 heavy (non-hydrogen) atoms. The molecule has 3 aromatic rings. The predicted molar refractivity (Wildman–Crippen MR) is 104 cm³/mol. The molecule has 0 radical (unpaired) electrons. The Morgan fingerprint density at radius 3 is 2.48 bits per heavy atom. The number of unbranched alkanes of at least 4 members (excludes halogenated alkanes) is 1. The van der Waals surface area contributed by atoms with E-state index in [0.717, 1.165) is 29.7 Å². The topological polar surface area (TPSA) is 66.9 Å². The highest BCUT2D eigenvalue weighted by Gasteiger charge is 2.07. The van der Waals surface area contributed by atoms with Crippen molar-refractivity contribution in [2.24, 2.45) is 0 Å². The van der Waals surface area contributed by atoms with Gasteiger partial charge in [-0.05, 0) is 42.3 Å². The van der Waals surface area contributed by atoms with E-state index in [4.69, 9.17) is 0 Å². The normalized spacial score (nSPS) is 10.4. The minimum atomic E-state index is -0.281. The first kappa shape index (κ1) is 18.5. The summed E-state index contributed by atoms with van der Waals surface area (Å²) in [5, 5.41) is 5.99. The number of rotatable bonds is 7. The van der Waals surface area contributed by atoms with Gasteiger partial charge in [-0.1, -0.05) is 31.5 Å². The van der Waals surface area contributed by atoms with Crippen LogP contribution in [0.1, 0.15) is 30.1 Å². The van der Waals surface area contributed by atoms with Gasteiger partial charge in [-0.3, -0.25) is 4.79 Å². The molecule has 1 heterocycles. The molecule has 0 bridgehead atoms. The number of aromatic nitrogens is 2. The number of hydrogen-bond donors (Lipinski definition) is 2. The molecule has 1 aromatic heterocycles. The predicted octanol–water partition coefficient (Wildman–Crippen LogP) is 4.56. The maximum absolute atomic E-state index is 13.0. The van der Waals surface area contributed by atoms with Crippen molar-refractivity contribution in [1.82, 2.24) is 15.3 Å². The molecule has 138 valence electrons. The highest BCUT2D eigenvalue weighted by Crippen LogP contribution is 2.20. The quantitative estimate of drug-likeness (QED) is 0.603. The van der Waals surface area contributed by atoms with Gasteiger partial charge < -0.3 is 10.6 Å². The molecule has 0 spiro atoms. The number of carbonyl (C=O) groups is 1. The standard InChI is InChI=1S/C21H21FN4O/c1-2-3-11-23-20(27)16-5-4-6-19(12-16)26-21-24-13-17(14-25-21)15-7-9-18(22)10-8-15/h4-10,12-14H,2-3,11H2,1H3,(H,23,27)(H,24,25,26). The molecule has 0 fully saturated rings. The van der Waals surface area contributed by atoms with Crippen LogP contribution in [0.15, 0.2) is 60.9 Å². The van der Waals surface area contributed by atoms with Gasteiger partial charge in [0.25, 0.3) is 5.91 Å². The number of nitrogens with zero attached hydrogens (tertiary/aromatic N) is 2. The van der Waals surface area contributed by atoms with Crippen molar-refractivity contribution in [3.05, 3.63) is 72.3 Å². The van der Waals surface area contributed by atoms with Gasteiger partial charge in [0.2, 0.25) is 5.95 Å². The first-order valence-electron chi connectivity index (χ1n) is 8.89. The molecule has 0 unspecified atom stereocenters. The van der Waals surface area contributed by atoms with Crippen molar-refractivity contribution in [1.29, 1.82) is 0 Å². The Kier molecular flexibility index (Phi) is 6.10. The van der Waals surface area contributed by atoms with Crippen LogP contribution in [0.5, 0.6) is 0 Å². The van der Waals surface area contributed by atoms with Crippen LogP contribution in [0.4, 0.5) is 16.0 Å². The van der Waals surface area contributed by atoms with E-state index >= 15 is 0 Å². The fraction of sp³-hybridized carbons (Fsp3) is 0.190. The van der Waals surface area contributed by atoms with Gasteiger partial charge in [0.15, 0.2) is 0 Å². The summed E-state index contributed by atoms with van der Waals surface area (Å²) in [6, 6.07) is 13.4. The average Bonchev–Trinajstić information content (AvgIpc) is 2.70. The zero-order valence-electron chi connectivity index (χ0n) is 15.1. The summed E-state index contributed by atoms with van der Waals surface area (Å²) >= 11 is 0. The lowest BCUT2D eigenvalue weighted by Crippen LogP contribution is -2.24. The van der Waals surface area contributed by atoms with Gasteiger partial charge in [0, 0.05) is 35.8 Å². The number of hydrogen-bond acceptors (Lipinski definition) is 4. The van der Waals surface area contributed by atoms with Crippen LogP contribution in [-0.2, 0) is 0 Å². The fourth-order valence-electron chi connectivity index (χ4n) is 2.53. The van der Waals surface area contributed by atoms with Crippen molar-refractivity contribution in [2.75, 3.05) is 11.9 Å². The minimum absolute atomic E-state index is 0.0975. The van der Waals surface area contributed by atoms with Crippen molar-refractivity contribution >= 4 is 17.5 Å². The van der Waals surface area contributed by atoms with E-state index in [-0.39, 0.29) is 11.7 Å². The smallest absolute Gasteiger partial charge is 0.251 e. The Hall–Kier alpha value is -3.28. The Morgan fingerprint density at radius 2 is 1.78 bits per heavy atom. The second-order valence-corrected chi connectivity index (χ2v) is 6.12. The average molecular weight is 364 g/mol. The molecule has 0 saturated heterocycles. The highest BCUT2D eigenvalue weighted by atomic mass is 19.1. The third-order valence-electron chi connectivity index (χ3n) is 4.03. The van der Waals surface area contributed by atoms with Crippen LogP contribution in [0.3, 0.4) is 0 Å². The van der Waals surface area contributed by atoms with Crippen molar-refractivity contribution in [3.63, 3.8) is 0 Å². The SMILES string of the molecule is CCCCNC(=O)c1cccc(Nc2ncc(-c3ccc(F)cc3)cn2)c1. The van der Waals surface area contributed by atoms with Gasteiger partial charge >= 0.3 is 0 Å². The molecule has 3 rings (SSSR count). The Morgan fingerprint density at radius 1 is 1.04 bits per heavy atom. The lowest BCUT2D eigenvalue weighted by Gasteiger charge is -2.08. The minimum Gasteiger partial charge on any atom is -0.352 e. The van der Waals surface area contributed by atoms with Crippen molar-refractivity contribution in [3.8, 4) is 11.1 Å². The molecule has 0 aliphatic carbocycles. The van der Waals surface area contributed by atoms with Gasteiger partial charge in [-0.25, -0.2) is 14.4 Å². The summed E-state index contributed by atoms with van der Waals surface area (Å²) < 4.78 is 13.0. The Balaban J connectivity index is 1.67. The van der Waals surface area contributed by atoms with Gasteiger partial charge in [-0.2, -0.15) is 0 Å². The Bertz CT molecular complexity index is 895. The fourth-order valence-corrected chi connectivity index (χ4v) is 2.53. The number of halogens is 1. The van der Waals surface area contributed by atoms with Crippen LogP contribution in [0.25, 0.3) is 11.1 Å². The molecule has 0 saturated carbocycles. The molecule has 0 atom stereocenters. The van der Waals surface area contributed by atoms with Crippen LogP contribution in [0, 0.1) is 5.82 Å². The van der Waals surface area contributed by atoms with Crippen LogP contribution < -0.4 is 10.6 Å². The maximum atomic E-state index is 13.0. The lowest BCUT2D eigenvalue weighted by atomic mass is 10.1. The number of anilines is 2. The highest BCUT2D eigenvalue weighted by molar-refractivity contribution is 5.95. The van der Waals surface area contributed by atoms with E-state index in [1.54, 1.807) is 36.7 Å². The van der Waals surface area contributed by atoms with Gasteiger partial charge in [-0.15, -0.1) is 0 Å². The van der Waals surface area contributed by atoms with E-state index in [0.29, 0.717) is 18.1 Å². The zero-order valence-corrected chi connectivity index (χ0v) is 15.1. The first-order chi connectivity index (χ1) is 13.2. The molecule has 2 N–H and O–H groups in total. The third-order valence-corrected chi connectivity index (χ3v) is 4.03. The summed E-state index contributed by atoms with van der Waals surface area (Å²) in [5.74, 6) is 0.0423. The number of amides is 1. The molecule has 2 aromatic carbocycles. The molecule has 1 amide bonds. The van der Waals surface area contributed by atoms with Crippen molar-refractivity contribution in [2.45, 2.75) is 19.8 Å². The van der Waals surface area contributed by atoms with E-state index in [1.807, 2.05) is 12.1 Å². The lowest BCUT2D eigenvalue weighted by molar-refractivity contribution is 0.0953. The molecule has 5 nitrogen and oxygen atoms in total. The summed E-state index contributed by atoms with van der Waals surface area (Å²) in [6.07, 6.45) is 5.33. The Labute approximate surface area is 157 Å². The molecule has 0 aliphatic heterocycles. The van der Waals surface area contributed by atoms with E-state index in [2.05, 4.69) is 27.5 Å². The first-order valence-corrected chi connectivity index (χ1v) is 8.89. The molecular weight excluding hydrogens is 343 g/mol. The van der Waals surface area contributed by atoms with Gasteiger partial charge in [0.05, 0.1) is 0 Å². The third kappa shape index (κ3) is 5.10. The van der Waals surface area contributed by atoms with Gasteiger partial charge in [0.1, 0.15) is 5.82 Å². The van der Waals surface area contributed by atoms with Crippen LogP contribution in [0.2, 0.25) is 0 Å². The monoisotopic (exact) mass is 364 g/mol. The summed E-state index contributed by atoms with van der Waals surface area (Å²) in [5.41, 5.74) is 2.95. The molecular formula is C21H21FN4O. The van der Waals surface area contributed by atoms with E-state index in [1.165, 1.54) is 12.1 Å². The number of benzene rings is 2. The number of nitrogens with one attached hydrogen (secondary N) is 2. The van der Waals surface area contributed by atoms with E-state index in [9.17, 15) is 9.18 Å². The summed E-state index contributed by atoms with van der Waals surface area (Å²) in [7, 11) is 0. The van der Waals surface area contributed by atoms with Crippen LogP contribution >= 0.6 is 0 Å². The second kappa shape index (κ2) is 8.89. The summed E-state index contributed by atoms with van der Waals surface area (Å²) in [4.78, 5) is 20.7. The summed E-state index contributed by atoms with van der Waals surface area (Å²) in [6.45, 7) is 2.75. The van der Waals surface area contributed by atoms with Crippen molar-refractivity contribution < 1.29 is 9.18 Å². The zero-order chi connectivity index (χ0) is 19.1. The van der Waals surface area contributed by atoms with Crippen LogP contribution in [-0.4, -0.2) is 22.4 Å². The molecule has 0 aliphatic rings. The second-order valence-electron chi connectivity index (χ2n) is 6.12. The maximum Gasteiger partial charge on any atom is 0.251 e. The number of carbonyl (C=O) groups excluding carboxylic acids is 1. The molecule has 6 heteroatoms. The van der Waals surface area contributed by atoms with E-state index < -0.39 is 0 Å². The largest absolute Gasteiger partial charge is 0.352 e.